The van der Waals surface area contributed by atoms with Gasteiger partial charge in [-0.1, -0.05) is 11.6 Å². The Labute approximate surface area is 216 Å². The Bertz CT molecular complexity index is 1620. The van der Waals surface area contributed by atoms with Gasteiger partial charge in [0.25, 0.3) is 0 Å². The minimum atomic E-state index is -0.347. The zero-order valence-corrected chi connectivity index (χ0v) is 20.7. The van der Waals surface area contributed by atoms with Crippen LogP contribution in [0.5, 0.6) is 11.5 Å². The number of aromatic amines is 1. The molecule has 5 heterocycles. The summed E-state index contributed by atoms with van der Waals surface area (Å²) < 4.78 is 25.0. The van der Waals surface area contributed by atoms with Gasteiger partial charge in [-0.25, -0.2) is 9.97 Å². The van der Waals surface area contributed by atoms with Gasteiger partial charge in [0.15, 0.2) is 6.29 Å². The van der Waals surface area contributed by atoms with Gasteiger partial charge in [-0.2, -0.15) is 5.10 Å². The lowest BCUT2D eigenvalue weighted by Crippen LogP contribution is -2.54. The molecule has 2 aliphatic heterocycles. The SMILES string of the molecule is Cc1nc2ccc(Oc3ccc4ncc(-c5cnn(CC6OCC7(COC7)CO6)c5)nc4c3Cl)cc2[nH]1. The Morgan fingerprint density at radius 2 is 1.92 bits per heavy atom. The van der Waals surface area contributed by atoms with E-state index in [0.29, 0.717) is 66.2 Å². The number of rotatable bonds is 5. The lowest BCUT2D eigenvalue weighted by atomic mass is 9.87. The maximum atomic E-state index is 6.74. The van der Waals surface area contributed by atoms with E-state index in [1.54, 1.807) is 23.1 Å². The number of H-pyrrole nitrogens is 1. The van der Waals surface area contributed by atoms with Crippen LogP contribution in [0.4, 0.5) is 0 Å². The second kappa shape index (κ2) is 8.77. The quantitative estimate of drug-likeness (QED) is 0.362. The van der Waals surface area contributed by atoms with Crippen LogP contribution in [0.3, 0.4) is 0 Å². The molecule has 7 rings (SSSR count). The highest BCUT2D eigenvalue weighted by Gasteiger charge is 2.43. The lowest BCUT2D eigenvalue weighted by molar-refractivity contribution is -0.287. The summed E-state index contributed by atoms with van der Waals surface area (Å²) in [5.41, 5.74) is 4.50. The topological polar surface area (TPSA) is 109 Å². The largest absolute Gasteiger partial charge is 0.456 e. The zero-order chi connectivity index (χ0) is 25.0. The number of aromatic nitrogens is 6. The number of hydrogen-bond donors (Lipinski definition) is 1. The van der Waals surface area contributed by atoms with Crippen molar-refractivity contribution in [3.8, 4) is 22.8 Å². The van der Waals surface area contributed by atoms with E-state index in [1.807, 2.05) is 37.4 Å². The van der Waals surface area contributed by atoms with Crippen molar-refractivity contribution in [3.63, 3.8) is 0 Å². The van der Waals surface area contributed by atoms with Crippen molar-refractivity contribution in [3.05, 3.63) is 59.8 Å². The van der Waals surface area contributed by atoms with Gasteiger partial charge in [0, 0.05) is 17.8 Å². The minimum absolute atomic E-state index is 0.0270. The number of hydrogen-bond acceptors (Lipinski definition) is 8. The summed E-state index contributed by atoms with van der Waals surface area (Å²) in [5, 5.41) is 4.85. The summed E-state index contributed by atoms with van der Waals surface area (Å²) >= 11 is 6.74. The average molecular weight is 519 g/mol. The predicted octanol–water partition coefficient (Wildman–Crippen LogP) is 4.51. The first-order chi connectivity index (χ1) is 18.0. The molecule has 0 amide bonds. The third-order valence-corrected chi connectivity index (χ3v) is 7.01. The van der Waals surface area contributed by atoms with E-state index in [0.717, 1.165) is 22.4 Å². The van der Waals surface area contributed by atoms with Crippen molar-refractivity contribution < 1.29 is 18.9 Å². The van der Waals surface area contributed by atoms with Crippen LogP contribution in [0.2, 0.25) is 5.02 Å². The molecule has 11 heteroatoms. The smallest absolute Gasteiger partial charge is 0.177 e. The van der Waals surface area contributed by atoms with Crippen LogP contribution < -0.4 is 4.74 Å². The van der Waals surface area contributed by atoms with Crippen molar-refractivity contribution in [1.82, 2.24) is 29.7 Å². The summed E-state index contributed by atoms with van der Waals surface area (Å²) in [4.78, 5) is 17.0. The molecule has 5 aromatic rings. The second-order valence-corrected chi connectivity index (χ2v) is 9.98. The standard InChI is InChI=1S/C26H23ClN6O4/c1-15-30-18-3-2-17(6-20(18)31-15)37-22-5-4-19-25(24(22)27)32-21(8-28-19)16-7-29-33(9-16)10-23-35-13-26(14-36-23)11-34-12-26/h2-9,23H,10-14H2,1H3,(H,30,31). The van der Waals surface area contributed by atoms with Gasteiger partial charge in [0.2, 0.25) is 0 Å². The fourth-order valence-corrected chi connectivity index (χ4v) is 4.83. The Morgan fingerprint density at radius 1 is 1.08 bits per heavy atom. The summed E-state index contributed by atoms with van der Waals surface area (Å²) in [7, 11) is 0. The third kappa shape index (κ3) is 4.21. The maximum absolute atomic E-state index is 6.74. The Morgan fingerprint density at radius 3 is 2.73 bits per heavy atom. The molecular formula is C26H23ClN6O4. The van der Waals surface area contributed by atoms with Gasteiger partial charge >= 0.3 is 0 Å². The van der Waals surface area contributed by atoms with Crippen LogP contribution >= 0.6 is 11.6 Å². The van der Waals surface area contributed by atoms with Crippen LogP contribution in [0.25, 0.3) is 33.3 Å². The van der Waals surface area contributed by atoms with Crippen molar-refractivity contribution in [2.45, 2.75) is 19.8 Å². The minimum Gasteiger partial charge on any atom is -0.456 e. The van der Waals surface area contributed by atoms with E-state index in [1.165, 1.54) is 0 Å². The Hall–Kier alpha value is -3.57. The van der Waals surface area contributed by atoms with Crippen LogP contribution in [-0.4, -0.2) is 62.4 Å². The van der Waals surface area contributed by atoms with Gasteiger partial charge < -0.3 is 23.9 Å². The molecule has 0 bridgehead atoms. The number of fused-ring (bicyclic) bond motifs is 2. The van der Waals surface area contributed by atoms with E-state index >= 15 is 0 Å². The number of aryl methyl sites for hydroxylation is 1. The van der Waals surface area contributed by atoms with E-state index < -0.39 is 0 Å². The van der Waals surface area contributed by atoms with Gasteiger partial charge in [0.05, 0.1) is 73.0 Å². The molecule has 0 saturated carbocycles. The van der Waals surface area contributed by atoms with Gasteiger partial charge in [-0.05, 0) is 31.2 Å². The highest BCUT2D eigenvalue weighted by atomic mass is 35.5. The maximum Gasteiger partial charge on any atom is 0.177 e. The van der Waals surface area contributed by atoms with Crippen LogP contribution in [-0.2, 0) is 20.8 Å². The molecule has 2 aromatic carbocycles. The van der Waals surface area contributed by atoms with E-state index in [4.69, 9.17) is 35.5 Å². The molecule has 1 N–H and O–H groups in total. The van der Waals surface area contributed by atoms with E-state index in [-0.39, 0.29) is 11.7 Å². The van der Waals surface area contributed by atoms with E-state index in [9.17, 15) is 0 Å². The Kier molecular flexibility index (Phi) is 5.36. The number of nitrogens with zero attached hydrogens (tertiary/aromatic N) is 5. The monoisotopic (exact) mass is 518 g/mol. The molecule has 0 atom stereocenters. The van der Waals surface area contributed by atoms with Crippen molar-refractivity contribution in [2.75, 3.05) is 26.4 Å². The van der Waals surface area contributed by atoms with Gasteiger partial charge in [0.1, 0.15) is 27.9 Å². The van der Waals surface area contributed by atoms with Crippen molar-refractivity contribution in [1.29, 1.82) is 0 Å². The first kappa shape index (κ1) is 22.6. The summed E-state index contributed by atoms with van der Waals surface area (Å²) in [5.74, 6) is 1.98. The van der Waals surface area contributed by atoms with Crippen LogP contribution in [0.15, 0.2) is 48.9 Å². The van der Waals surface area contributed by atoms with Crippen LogP contribution in [0.1, 0.15) is 5.82 Å². The summed E-state index contributed by atoms with van der Waals surface area (Å²) in [6.07, 6.45) is 5.01. The molecule has 2 fully saturated rings. The molecular weight excluding hydrogens is 496 g/mol. The first-order valence-corrected chi connectivity index (χ1v) is 12.3. The fraction of sp³-hybridized carbons (Fsp3) is 0.308. The average Bonchev–Trinajstić information content (AvgIpc) is 3.50. The summed E-state index contributed by atoms with van der Waals surface area (Å²) in [6.45, 7) is 5.07. The molecule has 0 radical (unpaired) electrons. The molecule has 3 aromatic heterocycles. The highest BCUT2D eigenvalue weighted by Crippen LogP contribution is 2.36. The molecule has 10 nitrogen and oxygen atoms in total. The van der Waals surface area contributed by atoms with Crippen LogP contribution in [0, 0.1) is 12.3 Å². The number of benzene rings is 2. The number of halogens is 1. The fourth-order valence-electron chi connectivity index (χ4n) is 4.59. The predicted molar refractivity (Wildman–Crippen MR) is 136 cm³/mol. The number of nitrogens with one attached hydrogen (secondary N) is 1. The molecule has 1 spiro atoms. The third-order valence-electron chi connectivity index (χ3n) is 6.65. The summed E-state index contributed by atoms with van der Waals surface area (Å²) in [6, 6.07) is 9.30. The number of imidazole rings is 1. The van der Waals surface area contributed by atoms with E-state index in [2.05, 4.69) is 20.1 Å². The highest BCUT2D eigenvalue weighted by molar-refractivity contribution is 6.36. The van der Waals surface area contributed by atoms with Gasteiger partial charge in [-0.15, -0.1) is 0 Å². The molecule has 2 saturated heterocycles. The molecule has 0 unspecified atom stereocenters. The molecule has 37 heavy (non-hydrogen) atoms. The normalized spacial score (nSPS) is 17.5. The molecule has 2 aliphatic rings. The second-order valence-electron chi connectivity index (χ2n) is 9.60. The van der Waals surface area contributed by atoms with Gasteiger partial charge in [-0.3, -0.25) is 9.67 Å². The van der Waals surface area contributed by atoms with Crippen molar-refractivity contribution >= 4 is 33.7 Å². The molecule has 188 valence electrons. The number of ether oxygens (including phenoxy) is 4. The Balaban J connectivity index is 1.11. The first-order valence-electron chi connectivity index (χ1n) is 12.0. The lowest BCUT2D eigenvalue weighted by Gasteiger charge is -2.45. The zero-order valence-electron chi connectivity index (χ0n) is 20.0. The van der Waals surface area contributed by atoms with Crippen molar-refractivity contribution in [2.24, 2.45) is 5.41 Å². The molecule has 0 aliphatic carbocycles.